The van der Waals surface area contributed by atoms with Gasteiger partial charge in [0.2, 0.25) is 0 Å². The first-order valence-corrected chi connectivity index (χ1v) is 6.13. The molecule has 0 unspecified atom stereocenters. The number of hydrazine groups is 1. The fourth-order valence-electron chi connectivity index (χ4n) is 1.55. The van der Waals surface area contributed by atoms with E-state index in [1.165, 1.54) is 14.2 Å². The van der Waals surface area contributed by atoms with Crippen LogP contribution in [0, 0.1) is 0 Å². The molecule has 0 amide bonds. The van der Waals surface area contributed by atoms with E-state index in [0.29, 0.717) is 17.2 Å². The molecule has 0 radical (unpaired) electrons. The molecule has 2 bridgehead atoms. The Kier molecular flexibility index (Phi) is 2.29. The van der Waals surface area contributed by atoms with Crippen LogP contribution in [-0.2, 0) is 18.4 Å². The predicted octanol–water partition coefficient (Wildman–Crippen LogP) is 1.66. The molecule has 92 valence electrons. The van der Waals surface area contributed by atoms with E-state index in [9.17, 15) is 4.57 Å². The van der Waals surface area contributed by atoms with Crippen molar-refractivity contribution in [2.45, 2.75) is 0 Å². The molecular formula is C8H9N2O6P. The average molecular weight is 260 g/mol. The number of para-hydroxylation sites is 1. The van der Waals surface area contributed by atoms with Crippen molar-refractivity contribution >= 4 is 13.5 Å². The van der Waals surface area contributed by atoms with Gasteiger partial charge in [0.1, 0.15) is 5.69 Å². The zero-order chi connectivity index (χ0) is 12.0. The Morgan fingerprint density at radius 1 is 1.18 bits per heavy atom. The lowest BCUT2D eigenvalue weighted by Crippen LogP contribution is -2.34. The molecule has 3 heterocycles. The fraction of sp³-hybridized carbons (Fsp3) is 0.250. The number of phosphoric acid groups is 1. The van der Waals surface area contributed by atoms with Crippen LogP contribution in [0.25, 0.3) is 0 Å². The average Bonchev–Trinajstić information content (AvgIpc) is 2.80. The van der Waals surface area contributed by atoms with Gasteiger partial charge < -0.3 is 9.47 Å². The molecule has 1 aromatic rings. The molecule has 0 aliphatic carbocycles. The third kappa shape index (κ3) is 1.50. The lowest BCUT2D eigenvalue weighted by Gasteiger charge is -2.22. The molecular weight excluding hydrogens is 251 g/mol. The van der Waals surface area contributed by atoms with Crippen molar-refractivity contribution in [1.82, 2.24) is 5.34 Å². The van der Waals surface area contributed by atoms with Gasteiger partial charge in [0.15, 0.2) is 11.5 Å². The van der Waals surface area contributed by atoms with Crippen LogP contribution in [-0.4, -0.2) is 19.6 Å². The molecule has 9 heteroatoms. The Morgan fingerprint density at radius 2 is 1.94 bits per heavy atom. The van der Waals surface area contributed by atoms with E-state index in [4.69, 9.17) is 23.3 Å². The number of nitrogens with zero attached hydrogens (tertiary/aromatic N) is 2. The summed E-state index contributed by atoms with van der Waals surface area (Å²) in [6.45, 7) is 0. The maximum absolute atomic E-state index is 11.4. The number of methoxy groups -OCH3 is 2. The summed E-state index contributed by atoms with van der Waals surface area (Å²) in [6.07, 6.45) is 0. The van der Waals surface area contributed by atoms with E-state index >= 15 is 0 Å². The highest BCUT2D eigenvalue weighted by Gasteiger charge is 2.60. The zero-order valence-corrected chi connectivity index (χ0v) is 9.92. The first-order chi connectivity index (χ1) is 8.17. The Morgan fingerprint density at radius 3 is 2.47 bits per heavy atom. The van der Waals surface area contributed by atoms with Gasteiger partial charge in [-0.1, -0.05) is 6.07 Å². The largest absolute Gasteiger partial charge is 0.538 e. The van der Waals surface area contributed by atoms with E-state index in [1.54, 1.807) is 18.2 Å². The van der Waals surface area contributed by atoms with Crippen molar-refractivity contribution in [1.29, 1.82) is 0 Å². The first kappa shape index (κ1) is 10.8. The lowest BCUT2D eigenvalue weighted by molar-refractivity contribution is -0.318. The van der Waals surface area contributed by atoms with Crippen LogP contribution < -0.4 is 14.6 Å². The van der Waals surface area contributed by atoms with E-state index in [0.717, 1.165) is 10.5 Å². The van der Waals surface area contributed by atoms with Gasteiger partial charge in [0, 0.05) is 0 Å². The number of hydrogen-bond acceptors (Lipinski definition) is 8. The van der Waals surface area contributed by atoms with Gasteiger partial charge in [0.25, 0.3) is 0 Å². The number of benzene rings is 1. The minimum atomic E-state index is -3.42. The molecule has 1 aromatic carbocycles. The quantitative estimate of drug-likeness (QED) is 0.760. The summed E-state index contributed by atoms with van der Waals surface area (Å²) in [6, 6.07) is 5.14. The van der Waals surface area contributed by atoms with Crippen molar-refractivity contribution in [3.05, 3.63) is 18.2 Å². The van der Waals surface area contributed by atoms with Gasteiger partial charge in [-0.15, -0.1) is 19.0 Å². The third-order valence-electron chi connectivity index (χ3n) is 2.25. The molecule has 3 aliphatic heterocycles. The van der Waals surface area contributed by atoms with E-state index in [2.05, 4.69) is 0 Å². The highest BCUT2D eigenvalue weighted by Crippen LogP contribution is 2.68. The van der Waals surface area contributed by atoms with Crippen LogP contribution in [0.4, 0.5) is 5.69 Å². The summed E-state index contributed by atoms with van der Waals surface area (Å²) in [4.78, 5) is 0. The summed E-state index contributed by atoms with van der Waals surface area (Å²) in [5.41, 5.74) is 0.460. The third-order valence-corrected chi connectivity index (χ3v) is 3.29. The second kappa shape index (κ2) is 3.59. The zero-order valence-electron chi connectivity index (χ0n) is 9.02. The highest BCUT2D eigenvalue weighted by atomic mass is 31.2. The Balaban J connectivity index is 2.01. The van der Waals surface area contributed by atoms with Gasteiger partial charge in [-0.2, -0.15) is 0 Å². The van der Waals surface area contributed by atoms with Crippen molar-refractivity contribution in [2.24, 2.45) is 0 Å². The second-order valence-electron chi connectivity index (χ2n) is 3.22. The molecule has 0 aromatic heterocycles. The van der Waals surface area contributed by atoms with Gasteiger partial charge in [-0.3, -0.25) is 0 Å². The van der Waals surface area contributed by atoms with Crippen LogP contribution in [0.3, 0.4) is 0 Å². The number of fused-ring (bicyclic) bond motifs is 1. The molecule has 0 atom stereocenters. The van der Waals surface area contributed by atoms with Crippen molar-refractivity contribution < 1.29 is 27.9 Å². The summed E-state index contributed by atoms with van der Waals surface area (Å²) in [5.74, 6) is 0.930. The predicted molar refractivity (Wildman–Crippen MR) is 54.7 cm³/mol. The summed E-state index contributed by atoms with van der Waals surface area (Å²) in [7, 11) is -0.417. The van der Waals surface area contributed by atoms with Gasteiger partial charge in [-0.25, -0.2) is 4.57 Å². The van der Waals surface area contributed by atoms with Crippen molar-refractivity contribution in [2.75, 3.05) is 19.4 Å². The SMILES string of the molecule is COc1cccc(N2OP3(=O)ON2O3)c1OC. The summed E-state index contributed by atoms with van der Waals surface area (Å²) in [5, 5.41) is 1.97. The van der Waals surface area contributed by atoms with Crippen LogP contribution in [0.2, 0.25) is 0 Å². The van der Waals surface area contributed by atoms with Gasteiger partial charge >= 0.3 is 7.82 Å². The molecule has 4 rings (SSSR count). The van der Waals surface area contributed by atoms with Crippen LogP contribution >= 0.6 is 7.82 Å². The van der Waals surface area contributed by atoms with Gasteiger partial charge in [-0.05, 0) is 12.1 Å². The van der Waals surface area contributed by atoms with Crippen molar-refractivity contribution in [3.8, 4) is 11.5 Å². The van der Waals surface area contributed by atoms with Crippen LogP contribution in [0.1, 0.15) is 0 Å². The molecule has 17 heavy (non-hydrogen) atoms. The van der Waals surface area contributed by atoms with Crippen molar-refractivity contribution in [3.63, 3.8) is 0 Å². The monoisotopic (exact) mass is 260 g/mol. The topological polar surface area (TPSA) is 69.7 Å². The van der Waals surface area contributed by atoms with Crippen LogP contribution in [0.5, 0.6) is 11.5 Å². The van der Waals surface area contributed by atoms with E-state index < -0.39 is 7.82 Å². The summed E-state index contributed by atoms with van der Waals surface area (Å²) < 4.78 is 36.2. The Hall–Kier alpha value is -1.31. The highest BCUT2D eigenvalue weighted by molar-refractivity contribution is 7.49. The number of ether oxygens (including phenoxy) is 2. The molecule has 3 aliphatic rings. The molecule has 0 spiro atoms. The van der Waals surface area contributed by atoms with E-state index in [1.807, 2.05) is 0 Å². The molecule has 3 fully saturated rings. The fourth-order valence-corrected chi connectivity index (χ4v) is 2.43. The van der Waals surface area contributed by atoms with Crippen LogP contribution in [0.15, 0.2) is 18.2 Å². The molecule has 3 saturated heterocycles. The second-order valence-corrected chi connectivity index (χ2v) is 4.60. The van der Waals surface area contributed by atoms with Gasteiger partial charge in [0.05, 0.1) is 19.6 Å². The van der Waals surface area contributed by atoms with E-state index in [-0.39, 0.29) is 0 Å². The smallest absolute Gasteiger partial charge is 0.493 e. The summed E-state index contributed by atoms with van der Waals surface area (Å²) >= 11 is 0. The normalized spacial score (nSPS) is 30.0. The Bertz CT molecular complexity index is 499. The number of hydrogen-bond donors (Lipinski definition) is 0. The molecule has 0 saturated carbocycles. The molecule has 0 N–H and O–H groups in total. The number of rotatable bonds is 3. The molecule has 8 nitrogen and oxygen atoms in total. The standard InChI is InChI=1S/C8H9N2O6P/c1-12-7-5-3-4-6(8(7)13-2)9-10-15-17(11,14-9)16-10/h3-5H,1-2H3. The minimum Gasteiger partial charge on any atom is -0.493 e. The number of anilines is 1. The maximum Gasteiger partial charge on any atom is 0.538 e. The first-order valence-electron chi connectivity index (χ1n) is 4.67. The maximum atomic E-state index is 11.4. The minimum absolute atomic E-state index is 0.419. The lowest BCUT2D eigenvalue weighted by atomic mass is 10.2. The Labute approximate surface area is 96.6 Å².